The summed E-state index contributed by atoms with van der Waals surface area (Å²) in [6.45, 7) is 10.0. The molecule has 3 rings (SSSR count). The second kappa shape index (κ2) is 10.3. The van der Waals surface area contributed by atoms with Crippen molar-refractivity contribution < 1.29 is 13.9 Å². The number of nitrogens with one attached hydrogen (secondary N) is 1. The molecular formula is C23H25FN4O2S. The Bertz CT molecular complexity index is 1060. The molecule has 1 aromatic heterocycles. The van der Waals surface area contributed by atoms with Gasteiger partial charge in [-0.25, -0.2) is 4.39 Å². The first-order valence-corrected chi connectivity index (χ1v) is 10.7. The average molecular weight is 441 g/mol. The molecule has 0 radical (unpaired) electrons. The van der Waals surface area contributed by atoms with Crippen molar-refractivity contribution in [1.82, 2.24) is 14.8 Å². The summed E-state index contributed by atoms with van der Waals surface area (Å²) in [4.78, 5) is 12.8. The Morgan fingerprint density at radius 3 is 2.61 bits per heavy atom. The lowest BCUT2D eigenvalue weighted by molar-refractivity contribution is -0.115. The summed E-state index contributed by atoms with van der Waals surface area (Å²) < 4.78 is 21.2. The Kier molecular flexibility index (Phi) is 7.46. The van der Waals surface area contributed by atoms with E-state index in [0.29, 0.717) is 17.5 Å². The predicted molar refractivity (Wildman–Crippen MR) is 121 cm³/mol. The molecule has 1 unspecified atom stereocenters. The molecule has 0 aliphatic carbocycles. The summed E-state index contributed by atoms with van der Waals surface area (Å²) in [5.74, 6) is 0.0996. The number of aromatic nitrogens is 3. The van der Waals surface area contributed by atoms with E-state index in [2.05, 4.69) is 22.1 Å². The van der Waals surface area contributed by atoms with Crippen LogP contribution in [0.15, 0.2) is 60.3 Å². The van der Waals surface area contributed by atoms with Crippen molar-refractivity contribution in [3.05, 3.63) is 77.9 Å². The quantitative estimate of drug-likeness (QED) is 0.378. The molecule has 0 saturated carbocycles. The number of nitrogens with zero attached hydrogens (tertiary/aromatic N) is 3. The molecule has 1 atom stereocenters. The van der Waals surface area contributed by atoms with E-state index in [0.717, 1.165) is 16.8 Å². The number of ether oxygens (including phenoxy) is 1. The number of anilines is 1. The van der Waals surface area contributed by atoms with Crippen molar-refractivity contribution in [2.75, 3.05) is 5.32 Å². The summed E-state index contributed by atoms with van der Waals surface area (Å²) in [7, 11) is 0. The number of carbonyl (C=O) groups is 1. The van der Waals surface area contributed by atoms with E-state index in [1.165, 1.54) is 17.8 Å². The summed E-state index contributed by atoms with van der Waals surface area (Å²) in [6.07, 6.45) is 1.71. The first-order chi connectivity index (χ1) is 14.9. The van der Waals surface area contributed by atoms with Crippen LogP contribution in [0.4, 0.5) is 10.1 Å². The first-order valence-electron chi connectivity index (χ1n) is 9.84. The number of rotatable bonds is 9. The number of aryl methyl sites for hydroxylation is 2. The van der Waals surface area contributed by atoms with Crippen LogP contribution in [0.5, 0.6) is 5.75 Å². The Balaban J connectivity index is 1.71. The van der Waals surface area contributed by atoms with Crippen LogP contribution < -0.4 is 10.1 Å². The molecule has 3 aromatic rings. The number of para-hydroxylation sites is 2. The second-order valence-corrected chi connectivity index (χ2v) is 8.34. The number of carbonyl (C=O) groups excluding carboxylic acids is 1. The summed E-state index contributed by atoms with van der Waals surface area (Å²) in [5, 5.41) is 11.5. The molecule has 1 amide bonds. The van der Waals surface area contributed by atoms with Gasteiger partial charge in [-0.15, -0.1) is 16.8 Å². The highest BCUT2D eigenvalue weighted by molar-refractivity contribution is 8.00. The maximum absolute atomic E-state index is 13.8. The Morgan fingerprint density at radius 2 is 1.94 bits per heavy atom. The van der Waals surface area contributed by atoms with Crippen molar-refractivity contribution in [1.29, 1.82) is 0 Å². The molecule has 0 fully saturated rings. The minimum atomic E-state index is -0.441. The molecule has 0 aliphatic rings. The van der Waals surface area contributed by atoms with Gasteiger partial charge in [-0.1, -0.05) is 48.2 Å². The number of allylic oxidation sites excluding steroid dienone is 1. The molecule has 0 saturated heterocycles. The lowest BCUT2D eigenvalue weighted by atomic mass is 10.1. The van der Waals surface area contributed by atoms with Crippen molar-refractivity contribution >= 4 is 23.4 Å². The number of halogens is 1. The third-order valence-corrected chi connectivity index (χ3v) is 5.76. The van der Waals surface area contributed by atoms with E-state index in [1.807, 2.05) is 39.0 Å². The zero-order valence-electron chi connectivity index (χ0n) is 17.8. The third kappa shape index (κ3) is 5.52. The van der Waals surface area contributed by atoms with Gasteiger partial charge in [-0.3, -0.25) is 9.36 Å². The monoisotopic (exact) mass is 440 g/mol. The Morgan fingerprint density at radius 1 is 1.23 bits per heavy atom. The minimum Gasteiger partial charge on any atom is -0.483 e. The van der Waals surface area contributed by atoms with Crippen LogP contribution in [0.3, 0.4) is 0 Å². The second-order valence-electron chi connectivity index (χ2n) is 7.03. The molecule has 31 heavy (non-hydrogen) atoms. The molecule has 0 aliphatic heterocycles. The molecule has 6 nitrogen and oxygen atoms in total. The van der Waals surface area contributed by atoms with Crippen LogP contribution in [0.1, 0.15) is 23.9 Å². The van der Waals surface area contributed by atoms with E-state index in [9.17, 15) is 9.18 Å². The maximum atomic E-state index is 13.8. The fourth-order valence-electron chi connectivity index (χ4n) is 2.98. The maximum Gasteiger partial charge on any atom is 0.237 e. The fraction of sp³-hybridized carbons (Fsp3) is 0.261. The highest BCUT2D eigenvalue weighted by Gasteiger charge is 2.21. The first kappa shape index (κ1) is 22.6. The van der Waals surface area contributed by atoms with Crippen LogP contribution in [0, 0.1) is 19.7 Å². The van der Waals surface area contributed by atoms with Gasteiger partial charge in [0.1, 0.15) is 6.61 Å². The zero-order chi connectivity index (χ0) is 22.4. The number of hydrogen-bond acceptors (Lipinski definition) is 5. The van der Waals surface area contributed by atoms with Gasteiger partial charge in [0.25, 0.3) is 0 Å². The van der Waals surface area contributed by atoms with Gasteiger partial charge >= 0.3 is 0 Å². The SMILES string of the molecule is C=CCn1c(COc2ccccc2F)nnc1SC(C)C(=O)Nc1c(C)cccc1C. The van der Waals surface area contributed by atoms with Gasteiger partial charge in [0.2, 0.25) is 5.91 Å². The Hall–Kier alpha value is -3.13. The van der Waals surface area contributed by atoms with Crippen LogP contribution >= 0.6 is 11.8 Å². The van der Waals surface area contributed by atoms with Crippen LogP contribution in [0.25, 0.3) is 0 Å². The van der Waals surface area contributed by atoms with Crippen molar-refractivity contribution in [2.24, 2.45) is 0 Å². The fourth-order valence-corrected chi connectivity index (χ4v) is 3.85. The van der Waals surface area contributed by atoms with Gasteiger partial charge in [0.05, 0.1) is 5.25 Å². The lowest BCUT2D eigenvalue weighted by Gasteiger charge is -2.15. The van der Waals surface area contributed by atoms with E-state index >= 15 is 0 Å². The molecule has 0 bridgehead atoms. The summed E-state index contributed by atoms with van der Waals surface area (Å²) in [5.41, 5.74) is 2.84. The van der Waals surface area contributed by atoms with Crippen LogP contribution in [0.2, 0.25) is 0 Å². The molecule has 8 heteroatoms. The summed E-state index contributed by atoms with van der Waals surface area (Å²) in [6, 6.07) is 12.1. The van der Waals surface area contributed by atoms with Gasteiger partial charge < -0.3 is 10.1 Å². The molecule has 2 aromatic carbocycles. The van der Waals surface area contributed by atoms with Gasteiger partial charge in [-0.2, -0.15) is 0 Å². The molecule has 1 heterocycles. The van der Waals surface area contributed by atoms with Crippen LogP contribution in [-0.4, -0.2) is 25.9 Å². The predicted octanol–water partition coefficient (Wildman–Crippen LogP) is 4.92. The molecule has 1 N–H and O–H groups in total. The highest BCUT2D eigenvalue weighted by atomic mass is 32.2. The average Bonchev–Trinajstić information content (AvgIpc) is 3.11. The largest absolute Gasteiger partial charge is 0.483 e. The van der Waals surface area contributed by atoms with Crippen LogP contribution in [-0.2, 0) is 17.9 Å². The van der Waals surface area contributed by atoms with Gasteiger partial charge in [0, 0.05) is 12.2 Å². The number of hydrogen-bond donors (Lipinski definition) is 1. The Labute approximate surface area is 185 Å². The number of amides is 1. The molecule has 162 valence electrons. The van der Waals surface area contributed by atoms with E-state index in [-0.39, 0.29) is 18.3 Å². The van der Waals surface area contributed by atoms with E-state index in [1.54, 1.807) is 28.8 Å². The topological polar surface area (TPSA) is 69.0 Å². The number of thioether (sulfide) groups is 1. The molecular weight excluding hydrogens is 415 g/mol. The molecule has 0 spiro atoms. The zero-order valence-corrected chi connectivity index (χ0v) is 18.6. The van der Waals surface area contributed by atoms with Gasteiger partial charge in [-0.05, 0) is 44.0 Å². The smallest absolute Gasteiger partial charge is 0.237 e. The highest BCUT2D eigenvalue weighted by Crippen LogP contribution is 2.26. The van der Waals surface area contributed by atoms with E-state index in [4.69, 9.17) is 4.74 Å². The normalized spacial score (nSPS) is 11.7. The van der Waals surface area contributed by atoms with E-state index < -0.39 is 11.1 Å². The van der Waals surface area contributed by atoms with Crippen molar-refractivity contribution in [3.63, 3.8) is 0 Å². The standard InChI is InChI=1S/C23H25FN4O2S/c1-5-13-28-20(14-30-19-12-7-6-11-18(19)24)26-27-23(28)31-17(4)22(29)25-21-15(2)9-8-10-16(21)3/h5-12,17H,1,13-14H2,2-4H3,(H,25,29). The third-order valence-electron chi connectivity index (χ3n) is 4.68. The minimum absolute atomic E-state index is 0.0469. The lowest BCUT2D eigenvalue weighted by Crippen LogP contribution is -2.24. The van der Waals surface area contributed by atoms with Crippen molar-refractivity contribution in [2.45, 2.75) is 44.3 Å². The summed E-state index contributed by atoms with van der Waals surface area (Å²) >= 11 is 1.29. The van der Waals surface area contributed by atoms with Gasteiger partial charge in [0.15, 0.2) is 22.5 Å². The number of benzene rings is 2. The van der Waals surface area contributed by atoms with Crippen molar-refractivity contribution in [3.8, 4) is 5.75 Å².